The number of nitrogens with one attached hydrogen (secondary N) is 2. The van der Waals surface area contributed by atoms with Crippen LogP contribution in [0.4, 0.5) is 11.4 Å². The molecule has 6 heteroatoms. The van der Waals surface area contributed by atoms with Crippen LogP contribution in [-0.2, 0) is 9.53 Å². The monoisotopic (exact) mass is 390 g/mol. The van der Waals surface area contributed by atoms with Crippen molar-refractivity contribution in [3.05, 3.63) is 58.1 Å². The second-order valence-electron chi connectivity index (χ2n) is 5.26. The van der Waals surface area contributed by atoms with Gasteiger partial charge < -0.3 is 15.4 Å². The van der Waals surface area contributed by atoms with E-state index < -0.39 is 5.97 Å². The Labute approximate surface area is 149 Å². The summed E-state index contributed by atoms with van der Waals surface area (Å²) in [7, 11) is 1.32. The molecule has 0 aliphatic carbocycles. The highest BCUT2D eigenvalue weighted by molar-refractivity contribution is 9.10. The lowest BCUT2D eigenvalue weighted by Gasteiger charge is -2.09. The first-order chi connectivity index (χ1) is 11.5. The first-order valence-corrected chi connectivity index (χ1v) is 8.27. The Morgan fingerprint density at radius 1 is 1.12 bits per heavy atom. The van der Waals surface area contributed by atoms with Gasteiger partial charge in [0.05, 0.1) is 12.7 Å². The van der Waals surface area contributed by atoms with Gasteiger partial charge in [0, 0.05) is 28.8 Å². The topological polar surface area (TPSA) is 67.4 Å². The van der Waals surface area contributed by atoms with Crippen molar-refractivity contribution in [2.24, 2.45) is 0 Å². The third-order valence-electron chi connectivity index (χ3n) is 3.42. The number of aryl methyl sites for hydroxylation is 1. The largest absolute Gasteiger partial charge is 0.465 e. The molecule has 2 N–H and O–H groups in total. The molecule has 0 aliphatic heterocycles. The Kier molecular flexibility index (Phi) is 6.37. The zero-order valence-corrected chi connectivity index (χ0v) is 15.1. The van der Waals surface area contributed by atoms with Crippen molar-refractivity contribution in [1.82, 2.24) is 0 Å². The van der Waals surface area contributed by atoms with Crippen LogP contribution in [0.3, 0.4) is 0 Å². The van der Waals surface area contributed by atoms with E-state index in [1.807, 2.05) is 25.1 Å². The minimum absolute atomic E-state index is 0.129. The quantitative estimate of drug-likeness (QED) is 0.731. The third-order valence-corrected chi connectivity index (χ3v) is 4.27. The maximum absolute atomic E-state index is 12.0. The highest BCUT2D eigenvalue weighted by atomic mass is 79.9. The van der Waals surface area contributed by atoms with Crippen LogP contribution in [0.25, 0.3) is 0 Å². The number of methoxy groups -OCH3 is 1. The molecule has 0 saturated carbocycles. The van der Waals surface area contributed by atoms with Gasteiger partial charge in [0.1, 0.15) is 0 Å². The number of anilines is 2. The van der Waals surface area contributed by atoms with Crippen molar-refractivity contribution < 1.29 is 14.3 Å². The van der Waals surface area contributed by atoms with Gasteiger partial charge in [0.25, 0.3) is 0 Å². The molecule has 2 aromatic carbocycles. The van der Waals surface area contributed by atoms with Gasteiger partial charge in [-0.1, -0.05) is 28.1 Å². The Morgan fingerprint density at radius 3 is 2.62 bits per heavy atom. The SMILES string of the molecule is COC(=O)c1cccc(NC(=O)CCNc2ccc(C)c(Br)c2)c1. The molecule has 1 amide bonds. The van der Waals surface area contributed by atoms with Crippen molar-refractivity contribution >= 4 is 39.2 Å². The lowest BCUT2D eigenvalue weighted by Crippen LogP contribution is -2.16. The number of amides is 1. The molecule has 0 spiro atoms. The Hall–Kier alpha value is -2.34. The van der Waals surface area contributed by atoms with Crippen LogP contribution in [0.1, 0.15) is 22.3 Å². The molecule has 0 aromatic heterocycles. The average Bonchev–Trinajstić information content (AvgIpc) is 2.57. The normalized spacial score (nSPS) is 10.1. The number of benzene rings is 2. The first kappa shape index (κ1) is 18.0. The van der Waals surface area contributed by atoms with Crippen molar-refractivity contribution in [3.63, 3.8) is 0 Å². The number of hydrogen-bond acceptors (Lipinski definition) is 4. The summed E-state index contributed by atoms with van der Waals surface area (Å²) in [4.78, 5) is 23.5. The minimum Gasteiger partial charge on any atom is -0.465 e. The van der Waals surface area contributed by atoms with E-state index in [4.69, 9.17) is 0 Å². The molecule has 0 atom stereocenters. The number of esters is 1. The zero-order valence-electron chi connectivity index (χ0n) is 13.6. The lowest BCUT2D eigenvalue weighted by molar-refractivity contribution is -0.115. The van der Waals surface area contributed by atoms with Crippen molar-refractivity contribution in [3.8, 4) is 0 Å². The van der Waals surface area contributed by atoms with E-state index in [2.05, 4.69) is 31.3 Å². The second-order valence-corrected chi connectivity index (χ2v) is 6.12. The molecule has 5 nitrogen and oxygen atoms in total. The van der Waals surface area contributed by atoms with E-state index in [0.29, 0.717) is 24.2 Å². The maximum atomic E-state index is 12.0. The number of rotatable bonds is 6. The first-order valence-electron chi connectivity index (χ1n) is 7.48. The predicted octanol–water partition coefficient (Wildman–Crippen LogP) is 3.98. The molecule has 0 radical (unpaired) electrons. The van der Waals surface area contributed by atoms with Gasteiger partial charge in [-0.05, 0) is 42.8 Å². The minimum atomic E-state index is -0.433. The Bertz CT molecular complexity index is 747. The van der Waals surface area contributed by atoms with Crippen molar-refractivity contribution in [2.45, 2.75) is 13.3 Å². The fourth-order valence-electron chi connectivity index (χ4n) is 2.09. The number of carbonyl (C=O) groups is 2. The molecular formula is C18H19BrN2O3. The average molecular weight is 391 g/mol. The molecule has 24 heavy (non-hydrogen) atoms. The van der Waals surface area contributed by atoms with Crippen LogP contribution in [0, 0.1) is 6.92 Å². The summed E-state index contributed by atoms with van der Waals surface area (Å²) in [6.45, 7) is 2.53. The van der Waals surface area contributed by atoms with Crippen LogP contribution in [0.2, 0.25) is 0 Å². The highest BCUT2D eigenvalue weighted by Crippen LogP contribution is 2.20. The summed E-state index contributed by atoms with van der Waals surface area (Å²) in [6.07, 6.45) is 0.313. The standard InChI is InChI=1S/C18H19BrN2O3/c1-12-6-7-14(11-16(12)19)20-9-8-17(22)21-15-5-3-4-13(10-15)18(23)24-2/h3-7,10-11,20H,8-9H2,1-2H3,(H,21,22). The number of carbonyl (C=O) groups excluding carboxylic acids is 2. The van der Waals surface area contributed by atoms with Crippen LogP contribution < -0.4 is 10.6 Å². The summed E-state index contributed by atoms with van der Waals surface area (Å²) < 4.78 is 5.69. The second kappa shape index (κ2) is 8.49. The molecule has 0 bridgehead atoms. The Morgan fingerprint density at radius 2 is 1.92 bits per heavy atom. The summed E-state index contributed by atoms with van der Waals surface area (Å²) in [5, 5.41) is 5.98. The van der Waals surface area contributed by atoms with E-state index in [1.165, 1.54) is 7.11 Å². The van der Waals surface area contributed by atoms with Crippen LogP contribution >= 0.6 is 15.9 Å². The zero-order chi connectivity index (χ0) is 17.5. The molecule has 2 aromatic rings. The Balaban J connectivity index is 1.85. The van der Waals surface area contributed by atoms with Gasteiger partial charge >= 0.3 is 5.97 Å². The van der Waals surface area contributed by atoms with Crippen molar-refractivity contribution in [2.75, 3.05) is 24.3 Å². The molecule has 2 rings (SSSR count). The highest BCUT2D eigenvalue weighted by Gasteiger charge is 2.08. The van der Waals surface area contributed by atoms with Gasteiger partial charge in [-0.25, -0.2) is 4.79 Å². The fourth-order valence-corrected chi connectivity index (χ4v) is 2.47. The summed E-state index contributed by atoms with van der Waals surface area (Å²) >= 11 is 3.48. The summed E-state index contributed by atoms with van der Waals surface area (Å²) in [5.74, 6) is -0.562. The van der Waals surface area contributed by atoms with Gasteiger partial charge in [-0.2, -0.15) is 0 Å². The number of hydrogen-bond donors (Lipinski definition) is 2. The van der Waals surface area contributed by atoms with E-state index in [-0.39, 0.29) is 5.91 Å². The fraction of sp³-hybridized carbons (Fsp3) is 0.222. The van der Waals surface area contributed by atoms with Gasteiger partial charge in [0.15, 0.2) is 0 Å². The summed E-state index contributed by atoms with van der Waals surface area (Å²) in [6, 6.07) is 12.6. The third kappa shape index (κ3) is 5.09. The molecule has 126 valence electrons. The van der Waals surface area contributed by atoms with Gasteiger partial charge in [0.2, 0.25) is 5.91 Å². The lowest BCUT2D eigenvalue weighted by atomic mass is 10.2. The van der Waals surface area contributed by atoms with Crippen LogP contribution in [0.15, 0.2) is 46.9 Å². The molecule has 0 saturated heterocycles. The van der Waals surface area contributed by atoms with E-state index in [0.717, 1.165) is 15.7 Å². The molecule has 0 fully saturated rings. The van der Waals surface area contributed by atoms with Crippen molar-refractivity contribution in [1.29, 1.82) is 0 Å². The van der Waals surface area contributed by atoms with E-state index >= 15 is 0 Å². The van der Waals surface area contributed by atoms with Gasteiger partial charge in [-0.15, -0.1) is 0 Å². The van der Waals surface area contributed by atoms with Crippen LogP contribution in [-0.4, -0.2) is 25.5 Å². The van der Waals surface area contributed by atoms with E-state index in [9.17, 15) is 9.59 Å². The maximum Gasteiger partial charge on any atom is 0.337 e. The molecule has 0 unspecified atom stereocenters. The molecule has 0 heterocycles. The molecular weight excluding hydrogens is 372 g/mol. The van der Waals surface area contributed by atoms with Gasteiger partial charge in [-0.3, -0.25) is 4.79 Å². The smallest absolute Gasteiger partial charge is 0.337 e. The number of halogens is 1. The summed E-state index contributed by atoms with van der Waals surface area (Å²) in [5.41, 5.74) is 3.08. The van der Waals surface area contributed by atoms with E-state index in [1.54, 1.807) is 24.3 Å². The number of ether oxygens (including phenoxy) is 1. The molecule has 0 aliphatic rings. The van der Waals surface area contributed by atoms with Crippen LogP contribution in [0.5, 0.6) is 0 Å². The predicted molar refractivity (Wildman–Crippen MR) is 98.4 cm³/mol.